The van der Waals surface area contributed by atoms with Crippen molar-refractivity contribution in [2.24, 2.45) is 17.3 Å². The zero-order chi connectivity index (χ0) is 26.8. The molecule has 198 valence electrons. The second-order valence-corrected chi connectivity index (χ2v) is 10.9. The predicted molar refractivity (Wildman–Crippen MR) is 139 cm³/mol. The van der Waals surface area contributed by atoms with Gasteiger partial charge < -0.3 is 23.7 Å². The first kappa shape index (κ1) is 24.9. The van der Waals surface area contributed by atoms with E-state index in [9.17, 15) is 9.59 Å². The molecule has 2 heterocycles. The molecule has 2 aromatic rings. The third-order valence-corrected chi connectivity index (χ3v) is 9.13. The molecular formula is C31H32O7. The second kappa shape index (κ2) is 8.82. The molecule has 7 heteroatoms. The maximum atomic E-state index is 14.5. The number of rotatable bonds is 4. The highest BCUT2D eigenvalue weighted by molar-refractivity contribution is 6.09. The number of fused-ring (bicyclic) bond motifs is 2. The summed E-state index contributed by atoms with van der Waals surface area (Å²) >= 11 is 0. The average molecular weight is 517 g/mol. The van der Waals surface area contributed by atoms with Crippen LogP contribution in [-0.4, -0.2) is 43.8 Å². The maximum Gasteiger partial charge on any atom is 0.334 e. The molecule has 2 aliphatic carbocycles. The van der Waals surface area contributed by atoms with Gasteiger partial charge in [-0.3, -0.25) is 4.79 Å². The van der Waals surface area contributed by atoms with Crippen LogP contribution in [0.25, 0.3) is 6.08 Å². The maximum absolute atomic E-state index is 14.5. The molecule has 0 radical (unpaired) electrons. The number of hydrogen-bond donors (Lipinski definition) is 0. The van der Waals surface area contributed by atoms with Gasteiger partial charge in [-0.25, -0.2) is 4.79 Å². The molecule has 7 atom stereocenters. The number of Topliss-reactive ketones (excluding diaryl/α,β-unsaturated/α-hetero) is 1. The number of hydrogen-bond acceptors (Lipinski definition) is 7. The molecule has 2 saturated heterocycles. The lowest BCUT2D eigenvalue weighted by molar-refractivity contribution is -0.191. The van der Waals surface area contributed by atoms with E-state index in [4.69, 9.17) is 23.7 Å². The van der Waals surface area contributed by atoms with Crippen molar-refractivity contribution in [1.29, 1.82) is 0 Å². The molecule has 6 rings (SSSR count). The third kappa shape index (κ3) is 3.28. The zero-order valence-electron chi connectivity index (χ0n) is 22.1. The summed E-state index contributed by atoms with van der Waals surface area (Å²) < 4.78 is 30.1. The lowest BCUT2D eigenvalue weighted by Gasteiger charge is -2.45. The summed E-state index contributed by atoms with van der Waals surface area (Å²) in [7, 11) is 3.23. The fourth-order valence-electron chi connectivity index (χ4n) is 7.05. The van der Waals surface area contributed by atoms with Gasteiger partial charge in [-0.1, -0.05) is 37.8 Å². The zero-order valence-corrected chi connectivity index (χ0v) is 22.1. The number of methoxy groups -OCH3 is 2. The first-order chi connectivity index (χ1) is 18.2. The summed E-state index contributed by atoms with van der Waals surface area (Å²) in [4.78, 5) is 27.2. The van der Waals surface area contributed by atoms with E-state index in [0.29, 0.717) is 17.6 Å². The van der Waals surface area contributed by atoms with Crippen molar-refractivity contribution in [3.05, 3.63) is 77.4 Å². The Morgan fingerprint density at radius 1 is 0.974 bits per heavy atom. The van der Waals surface area contributed by atoms with Crippen LogP contribution in [0.4, 0.5) is 0 Å². The van der Waals surface area contributed by atoms with Gasteiger partial charge >= 0.3 is 5.97 Å². The Labute approximate surface area is 222 Å². The van der Waals surface area contributed by atoms with Crippen molar-refractivity contribution >= 4 is 17.8 Å². The quantitative estimate of drug-likeness (QED) is 0.415. The Balaban J connectivity index is 1.51. The van der Waals surface area contributed by atoms with E-state index >= 15 is 0 Å². The van der Waals surface area contributed by atoms with E-state index in [-0.39, 0.29) is 17.6 Å². The number of benzene rings is 2. The Hall–Kier alpha value is -3.42. The number of ether oxygens (including phenoxy) is 5. The number of carbonyl (C=O) groups is 2. The largest absolute Gasteiger partial charge is 0.497 e. The molecule has 38 heavy (non-hydrogen) atoms. The van der Waals surface area contributed by atoms with Crippen LogP contribution in [-0.2, 0) is 23.8 Å². The van der Waals surface area contributed by atoms with Crippen LogP contribution in [0.3, 0.4) is 0 Å². The SMILES string of the molecule is C=C1C(=O)O[C@@H]2[C@H]1CC[C@H](C)[C@]13OC(c4ccc(OC)cc4)O[C@H]1/C(=C/c1ccc(OC)cc1)C(=O)[C@@]23C. The highest BCUT2D eigenvalue weighted by atomic mass is 16.7. The molecule has 1 unspecified atom stereocenters. The minimum absolute atomic E-state index is 0.0523. The van der Waals surface area contributed by atoms with Gasteiger partial charge in [0, 0.05) is 22.6 Å². The van der Waals surface area contributed by atoms with Crippen LogP contribution >= 0.6 is 0 Å². The van der Waals surface area contributed by atoms with Gasteiger partial charge in [0.25, 0.3) is 0 Å². The number of ketones is 1. The Kier molecular flexibility index (Phi) is 5.78. The van der Waals surface area contributed by atoms with Crippen molar-refractivity contribution in [3.63, 3.8) is 0 Å². The van der Waals surface area contributed by atoms with E-state index in [0.717, 1.165) is 29.0 Å². The molecule has 2 aliphatic heterocycles. The van der Waals surface area contributed by atoms with Crippen LogP contribution in [0.5, 0.6) is 11.5 Å². The summed E-state index contributed by atoms with van der Waals surface area (Å²) in [6.07, 6.45) is 1.29. The molecule has 4 aliphatic rings. The van der Waals surface area contributed by atoms with Gasteiger partial charge in [0.15, 0.2) is 12.1 Å². The number of carbonyl (C=O) groups excluding carboxylic acids is 2. The van der Waals surface area contributed by atoms with E-state index in [2.05, 4.69) is 13.5 Å². The molecule has 2 saturated carbocycles. The fourth-order valence-corrected chi connectivity index (χ4v) is 7.05. The molecule has 7 nitrogen and oxygen atoms in total. The van der Waals surface area contributed by atoms with Crippen molar-refractivity contribution in [3.8, 4) is 11.5 Å². The Morgan fingerprint density at radius 3 is 2.24 bits per heavy atom. The molecule has 1 spiro atoms. The normalized spacial score (nSPS) is 36.9. The van der Waals surface area contributed by atoms with Gasteiger partial charge in [0.2, 0.25) is 0 Å². The monoisotopic (exact) mass is 516 g/mol. The first-order valence-electron chi connectivity index (χ1n) is 13.0. The minimum Gasteiger partial charge on any atom is -0.497 e. The van der Waals surface area contributed by atoms with Crippen LogP contribution in [0, 0.1) is 17.3 Å². The Bertz CT molecular complexity index is 1330. The summed E-state index contributed by atoms with van der Waals surface area (Å²) in [5.41, 5.74) is 0.439. The third-order valence-electron chi connectivity index (χ3n) is 9.13. The lowest BCUT2D eigenvalue weighted by atomic mass is 9.64. The highest BCUT2D eigenvalue weighted by Crippen LogP contribution is 2.66. The second-order valence-electron chi connectivity index (χ2n) is 10.9. The summed E-state index contributed by atoms with van der Waals surface area (Å²) in [5.74, 6) is 0.608. The van der Waals surface area contributed by atoms with Gasteiger partial charge in [-0.05, 0) is 61.6 Å². The molecule has 0 aromatic heterocycles. The molecule has 4 fully saturated rings. The predicted octanol–water partition coefficient (Wildman–Crippen LogP) is 5.06. The summed E-state index contributed by atoms with van der Waals surface area (Å²) in [6.45, 7) is 8.03. The molecule has 0 amide bonds. The van der Waals surface area contributed by atoms with Crippen LogP contribution in [0.15, 0.2) is 66.3 Å². The van der Waals surface area contributed by atoms with Gasteiger partial charge in [-0.2, -0.15) is 0 Å². The van der Waals surface area contributed by atoms with Crippen molar-refractivity contribution in [1.82, 2.24) is 0 Å². The van der Waals surface area contributed by atoms with E-state index in [1.54, 1.807) is 14.2 Å². The summed E-state index contributed by atoms with van der Waals surface area (Å²) in [5, 5.41) is 0. The molecule has 2 aromatic carbocycles. The van der Waals surface area contributed by atoms with Gasteiger partial charge in [0.05, 0.1) is 14.2 Å². The van der Waals surface area contributed by atoms with Gasteiger partial charge in [0.1, 0.15) is 34.7 Å². The molecule has 0 N–H and O–H groups in total. The van der Waals surface area contributed by atoms with E-state index in [1.807, 2.05) is 61.5 Å². The first-order valence-corrected chi connectivity index (χ1v) is 13.0. The molecule has 0 bridgehead atoms. The van der Waals surface area contributed by atoms with E-state index < -0.39 is 35.5 Å². The van der Waals surface area contributed by atoms with Crippen LogP contribution in [0.1, 0.15) is 44.1 Å². The van der Waals surface area contributed by atoms with Crippen molar-refractivity contribution < 1.29 is 33.3 Å². The Morgan fingerprint density at radius 2 is 1.61 bits per heavy atom. The topological polar surface area (TPSA) is 80.3 Å². The number of esters is 1. The fraction of sp³-hybridized carbons (Fsp3) is 0.419. The van der Waals surface area contributed by atoms with Gasteiger partial charge in [-0.15, -0.1) is 0 Å². The van der Waals surface area contributed by atoms with Crippen molar-refractivity contribution in [2.75, 3.05) is 14.2 Å². The van der Waals surface area contributed by atoms with Crippen molar-refractivity contribution in [2.45, 2.75) is 50.8 Å². The standard InChI is InChI=1S/C31H32O7/c1-17-6-15-23-18(2)28(33)36-26(23)30(3)25(32)24(16-19-7-11-21(34-4)12-8-19)27-31(17,30)38-29(37-27)20-9-13-22(35-5)14-10-20/h7-14,16-17,23,26-27,29H,2,6,15H2,1,3-5H3/b24-16+/t17-,23-,26+,27-,29?,30-,31-/m0/s1. The highest BCUT2D eigenvalue weighted by Gasteiger charge is 2.78. The van der Waals surface area contributed by atoms with E-state index in [1.165, 1.54) is 0 Å². The van der Waals surface area contributed by atoms with Crippen LogP contribution in [0.2, 0.25) is 0 Å². The lowest BCUT2D eigenvalue weighted by Crippen LogP contribution is -2.59. The van der Waals surface area contributed by atoms with Crippen LogP contribution < -0.4 is 9.47 Å². The molecular weight excluding hydrogens is 484 g/mol. The smallest absolute Gasteiger partial charge is 0.334 e. The average Bonchev–Trinajstić information content (AvgIpc) is 3.51. The minimum atomic E-state index is -1.16. The summed E-state index contributed by atoms with van der Waals surface area (Å²) in [6, 6.07) is 15.1.